The van der Waals surface area contributed by atoms with Crippen molar-refractivity contribution in [1.82, 2.24) is 10.3 Å². The molecule has 0 fully saturated rings. The van der Waals surface area contributed by atoms with E-state index in [1.807, 2.05) is 49.4 Å². The van der Waals surface area contributed by atoms with Crippen LogP contribution in [-0.4, -0.2) is 24.6 Å². The number of alkyl halides is 2. The second-order valence-electron chi connectivity index (χ2n) is 6.62. The Bertz CT molecular complexity index is 1020. The molecule has 2 aromatic carbocycles. The third-order valence-electron chi connectivity index (χ3n) is 4.46. The minimum absolute atomic E-state index is 0.0468. The average molecular weight is 428 g/mol. The van der Waals surface area contributed by atoms with Gasteiger partial charge in [0, 0.05) is 11.8 Å². The predicted molar refractivity (Wildman–Crippen MR) is 111 cm³/mol. The number of nitrogens with one attached hydrogen (secondary N) is 1. The van der Waals surface area contributed by atoms with Crippen LogP contribution in [0.2, 0.25) is 0 Å². The van der Waals surface area contributed by atoms with Gasteiger partial charge in [0.15, 0.2) is 11.5 Å². The molecule has 1 aromatic heterocycles. The summed E-state index contributed by atoms with van der Waals surface area (Å²) < 4.78 is 40.1. The van der Waals surface area contributed by atoms with Crippen molar-refractivity contribution < 1.29 is 27.8 Å². The molecule has 0 bridgehead atoms. The van der Waals surface area contributed by atoms with Crippen LogP contribution >= 0.6 is 0 Å². The average Bonchev–Trinajstić information content (AvgIpc) is 2.78. The first kappa shape index (κ1) is 22.0. The molecule has 31 heavy (non-hydrogen) atoms. The van der Waals surface area contributed by atoms with Crippen molar-refractivity contribution in [3.8, 4) is 17.2 Å². The molecule has 0 spiro atoms. The molecular formula is C23H22F2N2O4. The fourth-order valence-corrected chi connectivity index (χ4v) is 2.88. The van der Waals surface area contributed by atoms with Crippen LogP contribution in [0.25, 0.3) is 0 Å². The smallest absolute Gasteiger partial charge is 0.387 e. The zero-order valence-corrected chi connectivity index (χ0v) is 17.0. The van der Waals surface area contributed by atoms with Gasteiger partial charge in [-0.05, 0) is 55.0 Å². The van der Waals surface area contributed by atoms with Crippen LogP contribution in [0.5, 0.6) is 17.2 Å². The molecule has 0 radical (unpaired) electrons. The third kappa shape index (κ3) is 6.15. The Morgan fingerprint density at radius 1 is 1.06 bits per heavy atom. The summed E-state index contributed by atoms with van der Waals surface area (Å²) in [5.41, 5.74) is 1.91. The molecule has 1 unspecified atom stereocenters. The Labute approximate surface area is 178 Å². The minimum atomic E-state index is -2.99. The van der Waals surface area contributed by atoms with E-state index < -0.39 is 6.61 Å². The number of aromatic nitrogens is 1. The number of methoxy groups -OCH3 is 1. The van der Waals surface area contributed by atoms with Crippen LogP contribution in [-0.2, 0) is 6.61 Å². The van der Waals surface area contributed by atoms with Crippen molar-refractivity contribution in [2.24, 2.45) is 0 Å². The van der Waals surface area contributed by atoms with E-state index in [-0.39, 0.29) is 29.0 Å². The maximum Gasteiger partial charge on any atom is 0.387 e. The predicted octanol–water partition coefficient (Wildman–Crippen LogP) is 4.76. The van der Waals surface area contributed by atoms with Gasteiger partial charge in [-0.25, -0.2) is 0 Å². The zero-order chi connectivity index (χ0) is 22.2. The molecule has 0 aliphatic heterocycles. The molecule has 3 rings (SSSR count). The Balaban J connectivity index is 1.65. The van der Waals surface area contributed by atoms with Crippen molar-refractivity contribution in [2.45, 2.75) is 26.2 Å². The molecule has 0 aliphatic carbocycles. The van der Waals surface area contributed by atoms with Crippen LogP contribution in [0.15, 0.2) is 66.9 Å². The van der Waals surface area contributed by atoms with Gasteiger partial charge < -0.3 is 19.5 Å². The van der Waals surface area contributed by atoms with Crippen LogP contribution in [0.4, 0.5) is 8.78 Å². The summed E-state index contributed by atoms with van der Waals surface area (Å²) in [7, 11) is 1.31. The summed E-state index contributed by atoms with van der Waals surface area (Å²) in [6, 6.07) is 16.7. The number of hydrogen-bond acceptors (Lipinski definition) is 5. The van der Waals surface area contributed by atoms with E-state index in [0.29, 0.717) is 12.4 Å². The lowest BCUT2D eigenvalue weighted by atomic mass is 10.1. The summed E-state index contributed by atoms with van der Waals surface area (Å²) >= 11 is 0. The summed E-state index contributed by atoms with van der Waals surface area (Å²) in [6.07, 6.45) is 1.70. The van der Waals surface area contributed by atoms with E-state index >= 15 is 0 Å². The number of rotatable bonds is 9. The fourth-order valence-electron chi connectivity index (χ4n) is 2.88. The van der Waals surface area contributed by atoms with E-state index in [2.05, 4.69) is 15.0 Å². The first-order valence-electron chi connectivity index (χ1n) is 9.52. The Hall–Kier alpha value is -3.68. The van der Waals surface area contributed by atoms with Crippen LogP contribution < -0.4 is 19.5 Å². The summed E-state index contributed by atoms with van der Waals surface area (Å²) in [5, 5.41) is 2.87. The van der Waals surface area contributed by atoms with Gasteiger partial charge in [0.25, 0.3) is 5.91 Å². The van der Waals surface area contributed by atoms with Gasteiger partial charge in [0.1, 0.15) is 12.4 Å². The van der Waals surface area contributed by atoms with E-state index in [9.17, 15) is 13.6 Å². The van der Waals surface area contributed by atoms with Crippen LogP contribution in [0, 0.1) is 0 Å². The summed E-state index contributed by atoms with van der Waals surface area (Å²) in [4.78, 5) is 16.8. The molecule has 1 heterocycles. The molecule has 1 N–H and O–H groups in total. The second-order valence-corrected chi connectivity index (χ2v) is 6.62. The van der Waals surface area contributed by atoms with Crippen LogP contribution in [0.3, 0.4) is 0 Å². The highest BCUT2D eigenvalue weighted by Crippen LogP contribution is 2.29. The Morgan fingerprint density at radius 3 is 2.61 bits per heavy atom. The largest absolute Gasteiger partial charge is 0.493 e. The molecule has 1 amide bonds. The van der Waals surface area contributed by atoms with Gasteiger partial charge in [-0.3, -0.25) is 9.78 Å². The van der Waals surface area contributed by atoms with Crippen molar-refractivity contribution >= 4 is 5.91 Å². The summed E-state index contributed by atoms with van der Waals surface area (Å²) in [6.45, 7) is -0.820. The highest BCUT2D eigenvalue weighted by Gasteiger charge is 2.16. The molecule has 162 valence electrons. The molecular weight excluding hydrogens is 406 g/mol. The lowest BCUT2D eigenvalue weighted by molar-refractivity contribution is -0.0512. The van der Waals surface area contributed by atoms with Crippen molar-refractivity contribution in [3.63, 3.8) is 0 Å². The zero-order valence-electron chi connectivity index (χ0n) is 17.0. The lowest BCUT2D eigenvalue weighted by Gasteiger charge is -2.17. The molecule has 8 heteroatoms. The SMILES string of the molecule is COc1cc(C(=O)NC(C)c2cccc(OCc3ccccn3)c2)ccc1OC(F)F. The highest BCUT2D eigenvalue weighted by molar-refractivity contribution is 5.95. The highest BCUT2D eigenvalue weighted by atomic mass is 19.3. The maximum atomic E-state index is 12.6. The number of pyridine rings is 1. The van der Waals surface area contributed by atoms with Gasteiger partial charge in [-0.15, -0.1) is 0 Å². The monoisotopic (exact) mass is 428 g/mol. The molecule has 0 aliphatic rings. The number of ether oxygens (including phenoxy) is 3. The lowest BCUT2D eigenvalue weighted by Crippen LogP contribution is -2.26. The van der Waals surface area contributed by atoms with E-state index in [1.54, 1.807) is 6.20 Å². The first-order valence-corrected chi connectivity index (χ1v) is 9.52. The number of carbonyl (C=O) groups excluding carboxylic acids is 1. The van der Waals surface area contributed by atoms with Gasteiger partial charge in [-0.2, -0.15) is 8.78 Å². The Morgan fingerprint density at radius 2 is 1.90 bits per heavy atom. The molecule has 1 atom stereocenters. The van der Waals surface area contributed by atoms with Gasteiger partial charge in [0.05, 0.1) is 18.8 Å². The third-order valence-corrected chi connectivity index (χ3v) is 4.46. The van der Waals surface area contributed by atoms with E-state index in [1.165, 1.54) is 25.3 Å². The summed E-state index contributed by atoms with van der Waals surface area (Å²) in [5.74, 6) is 0.180. The van der Waals surface area contributed by atoms with Gasteiger partial charge >= 0.3 is 6.61 Å². The molecule has 6 nitrogen and oxygen atoms in total. The number of amides is 1. The maximum absolute atomic E-state index is 12.6. The quantitative estimate of drug-likeness (QED) is 0.532. The molecule has 0 saturated carbocycles. The van der Waals surface area contributed by atoms with Crippen molar-refractivity contribution in [2.75, 3.05) is 7.11 Å². The molecule has 3 aromatic rings. The van der Waals surface area contributed by atoms with Crippen LogP contribution in [0.1, 0.15) is 34.6 Å². The minimum Gasteiger partial charge on any atom is -0.493 e. The fraction of sp³-hybridized carbons (Fsp3) is 0.217. The number of hydrogen-bond donors (Lipinski definition) is 1. The van der Waals surface area contributed by atoms with Gasteiger partial charge in [0.2, 0.25) is 0 Å². The Kier molecular flexibility index (Phi) is 7.37. The van der Waals surface area contributed by atoms with E-state index in [0.717, 1.165) is 11.3 Å². The normalized spacial score (nSPS) is 11.6. The van der Waals surface area contributed by atoms with E-state index in [4.69, 9.17) is 9.47 Å². The van der Waals surface area contributed by atoms with Crippen molar-refractivity contribution in [3.05, 3.63) is 83.7 Å². The standard InChI is InChI=1S/C23H22F2N2O4/c1-15(16-6-5-8-19(12-16)30-14-18-7-3-4-11-26-18)27-22(28)17-9-10-20(31-23(24)25)21(13-17)29-2/h3-13,15,23H,14H2,1-2H3,(H,27,28). The second kappa shape index (κ2) is 10.4. The molecule has 0 saturated heterocycles. The van der Waals surface area contributed by atoms with Crippen molar-refractivity contribution in [1.29, 1.82) is 0 Å². The number of halogens is 2. The topological polar surface area (TPSA) is 69.7 Å². The number of nitrogens with zero attached hydrogens (tertiary/aromatic N) is 1. The number of carbonyl (C=O) groups is 1. The number of benzene rings is 2. The first-order chi connectivity index (χ1) is 15.0. The van der Waals surface area contributed by atoms with Gasteiger partial charge in [-0.1, -0.05) is 18.2 Å².